The van der Waals surface area contributed by atoms with Gasteiger partial charge in [0.1, 0.15) is 5.75 Å². The topological polar surface area (TPSA) is 96.0 Å². The highest BCUT2D eigenvalue weighted by molar-refractivity contribution is 5.94. The molecule has 0 amide bonds. The van der Waals surface area contributed by atoms with E-state index in [1.807, 2.05) is 0 Å². The van der Waals surface area contributed by atoms with E-state index in [0.29, 0.717) is 0 Å². The van der Waals surface area contributed by atoms with Gasteiger partial charge in [-0.1, -0.05) is 12.1 Å². The van der Waals surface area contributed by atoms with E-state index < -0.39 is 101 Å². The van der Waals surface area contributed by atoms with Crippen molar-refractivity contribution in [1.82, 2.24) is 0 Å². The number of hydrogen-bond acceptors (Lipinski definition) is 7. The summed E-state index contributed by atoms with van der Waals surface area (Å²) >= 11 is 0. The van der Waals surface area contributed by atoms with Crippen molar-refractivity contribution in [2.75, 3.05) is 0 Å². The number of rotatable bonds is 10. The molecule has 0 fully saturated rings. The summed E-state index contributed by atoms with van der Waals surface area (Å²) in [6.07, 6.45) is -26.1. The van der Waals surface area contributed by atoms with Crippen LogP contribution < -0.4 is 4.74 Å². The van der Waals surface area contributed by atoms with Crippen molar-refractivity contribution in [3.05, 3.63) is 29.8 Å². The normalized spacial score (nSPS) is 15.0. The van der Waals surface area contributed by atoms with E-state index in [4.69, 9.17) is 0 Å². The number of alkyl halides is 21. The van der Waals surface area contributed by atoms with Gasteiger partial charge in [0.25, 0.3) is 0 Å². The van der Waals surface area contributed by atoms with Crippen LogP contribution in [0, 0.1) is 0 Å². The van der Waals surface area contributed by atoms with Crippen molar-refractivity contribution in [3.63, 3.8) is 0 Å². The summed E-state index contributed by atoms with van der Waals surface area (Å²) in [5.41, 5.74) is -1.95. The molecule has 0 spiro atoms. The van der Waals surface area contributed by atoms with E-state index >= 15 is 0 Å². The van der Waals surface area contributed by atoms with Crippen LogP contribution in [0.25, 0.3) is 0 Å². The summed E-state index contributed by atoms with van der Waals surface area (Å²) in [7, 11) is 0. The lowest BCUT2D eigenvalue weighted by atomic mass is 10.1. The van der Waals surface area contributed by atoms with Crippen molar-refractivity contribution in [1.29, 1.82) is 0 Å². The van der Waals surface area contributed by atoms with Crippen LogP contribution in [0.3, 0.4) is 0 Å². The quantitative estimate of drug-likeness (QED) is 0.113. The highest BCUT2D eigenvalue weighted by Crippen LogP contribution is 2.50. The zero-order valence-electron chi connectivity index (χ0n) is 21.2. The number of halogens is 21. The maximum absolute atomic E-state index is 13.7. The van der Waals surface area contributed by atoms with Gasteiger partial charge in [0.15, 0.2) is 0 Å². The van der Waals surface area contributed by atoms with Crippen molar-refractivity contribution in [2.24, 2.45) is 0 Å². The second kappa shape index (κ2) is 12.4. The average Bonchev–Trinajstić information content (AvgIpc) is 2.89. The summed E-state index contributed by atoms with van der Waals surface area (Å²) < 4.78 is 281. The standard InChI is InChI=1S/C20H5F21O7/c21-12(22,15(27,28)18(33,34)35)9(43)46-6-3-1-2-5(4-6)7(47-10(44)13(23,24)16(29,30)19(36,37)38)8(42)48-11(45)14(25,26)17(31,32)20(39,40)41/h1-4,7H. The van der Waals surface area contributed by atoms with Crippen LogP contribution in [0.5, 0.6) is 5.75 Å². The zero-order valence-corrected chi connectivity index (χ0v) is 21.2. The Balaban J connectivity index is 3.72. The first kappa shape index (κ1) is 41.9. The monoisotopic (exact) mass is 756 g/mol. The van der Waals surface area contributed by atoms with Gasteiger partial charge in [-0.25, -0.2) is 19.2 Å². The van der Waals surface area contributed by atoms with Crippen LogP contribution in [-0.2, 0) is 28.7 Å². The molecule has 0 aliphatic heterocycles. The third-order valence-corrected chi connectivity index (χ3v) is 5.02. The Labute approximate surface area is 246 Å². The van der Waals surface area contributed by atoms with Gasteiger partial charge in [-0.3, -0.25) is 0 Å². The molecule has 0 bridgehead atoms. The fourth-order valence-corrected chi connectivity index (χ4v) is 2.47. The summed E-state index contributed by atoms with van der Waals surface area (Å²) in [5, 5.41) is 0. The third kappa shape index (κ3) is 7.29. The molecule has 0 radical (unpaired) electrons. The number of ether oxygens (including phenoxy) is 3. The Bertz CT molecular complexity index is 1410. The molecular formula is C20H5F21O7. The Morgan fingerprint density at radius 3 is 1.23 bits per heavy atom. The van der Waals surface area contributed by atoms with Gasteiger partial charge in [0.2, 0.25) is 6.10 Å². The molecule has 1 aromatic carbocycles. The van der Waals surface area contributed by atoms with Crippen LogP contribution in [0.4, 0.5) is 92.2 Å². The fraction of sp³-hybridized carbons (Fsp3) is 0.500. The zero-order chi connectivity index (χ0) is 38.5. The molecule has 1 rings (SSSR count). The lowest BCUT2D eigenvalue weighted by Gasteiger charge is -2.28. The van der Waals surface area contributed by atoms with Crippen LogP contribution >= 0.6 is 0 Å². The van der Waals surface area contributed by atoms with E-state index in [9.17, 15) is 111 Å². The van der Waals surface area contributed by atoms with Gasteiger partial charge in [-0.05, 0) is 12.1 Å². The van der Waals surface area contributed by atoms with Gasteiger partial charge in [0, 0.05) is 5.56 Å². The minimum Gasteiger partial charge on any atom is -0.441 e. The number of hydrogen-bond donors (Lipinski definition) is 0. The molecule has 0 saturated heterocycles. The maximum Gasteiger partial charge on any atom is 0.460 e. The SMILES string of the molecule is O=C(OC(=O)C(F)(F)C(F)(F)C(F)(F)F)C(OC(=O)C(F)(F)C(F)(F)C(F)(F)F)c1cccc(OC(=O)C(F)(F)C(F)(F)C(F)(F)F)c1. The number of carbonyl (C=O) groups excluding carboxylic acids is 4. The summed E-state index contributed by atoms with van der Waals surface area (Å²) in [4.78, 5) is 46.4. The van der Waals surface area contributed by atoms with Gasteiger partial charge in [-0.15, -0.1) is 0 Å². The minimum absolute atomic E-state index is 0.0109. The molecule has 1 aromatic rings. The molecule has 48 heavy (non-hydrogen) atoms. The molecule has 7 nitrogen and oxygen atoms in total. The Kier molecular flexibility index (Phi) is 10.8. The molecule has 0 aliphatic carbocycles. The van der Waals surface area contributed by atoms with Crippen LogP contribution in [0.1, 0.15) is 11.7 Å². The van der Waals surface area contributed by atoms with E-state index in [1.165, 1.54) is 0 Å². The molecular weight excluding hydrogens is 751 g/mol. The van der Waals surface area contributed by atoms with Gasteiger partial charge in [-0.2, -0.15) is 92.2 Å². The second-order valence-corrected chi connectivity index (χ2v) is 8.40. The Hall–Kier alpha value is -4.17. The molecule has 0 heterocycles. The van der Waals surface area contributed by atoms with E-state index in [1.54, 1.807) is 0 Å². The van der Waals surface area contributed by atoms with Crippen LogP contribution in [0.2, 0.25) is 0 Å². The molecule has 28 heteroatoms. The van der Waals surface area contributed by atoms with Crippen LogP contribution in [0.15, 0.2) is 24.3 Å². The highest BCUT2D eigenvalue weighted by atomic mass is 19.4. The van der Waals surface area contributed by atoms with Gasteiger partial charge in [0.05, 0.1) is 0 Å². The van der Waals surface area contributed by atoms with Crippen molar-refractivity contribution in [2.45, 2.75) is 60.2 Å². The summed E-state index contributed by atoms with van der Waals surface area (Å²) in [6.45, 7) is 0. The minimum atomic E-state index is -7.49. The van der Waals surface area contributed by atoms with Crippen molar-refractivity contribution in [3.8, 4) is 5.75 Å². The largest absolute Gasteiger partial charge is 0.460 e. The lowest BCUT2D eigenvalue weighted by Crippen LogP contribution is -2.57. The molecule has 274 valence electrons. The molecule has 0 aliphatic rings. The molecule has 0 aromatic heterocycles. The number of benzene rings is 1. The first-order chi connectivity index (χ1) is 20.9. The predicted octanol–water partition coefficient (Wildman–Crippen LogP) is 6.74. The summed E-state index contributed by atoms with van der Waals surface area (Å²) in [5.74, 6) is -61.4. The second-order valence-electron chi connectivity index (χ2n) is 8.40. The van der Waals surface area contributed by atoms with Gasteiger partial charge >= 0.3 is 77.9 Å². The average molecular weight is 756 g/mol. The molecule has 1 unspecified atom stereocenters. The van der Waals surface area contributed by atoms with E-state index in [0.717, 1.165) is 0 Å². The lowest BCUT2D eigenvalue weighted by molar-refractivity contribution is -0.349. The maximum atomic E-state index is 13.7. The Morgan fingerprint density at radius 2 is 0.854 bits per heavy atom. The van der Waals surface area contributed by atoms with E-state index in [-0.39, 0.29) is 18.2 Å². The fourth-order valence-electron chi connectivity index (χ4n) is 2.47. The first-order valence-corrected chi connectivity index (χ1v) is 10.7. The Morgan fingerprint density at radius 1 is 0.500 bits per heavy atom. The summed E-state index contributed by atoms with van der Waals surface area (Å²) in [6, 6.07) is -0.607. The number of carbonyl (C=O) groups is 4. The van der Waals surface area contributed by atoms with Gasteiger partial charge < -0.3 is 14.2 Å². The predicted molar refractivity (Wildman–Crippen MR) is 99.9 cm³/mol. The smallest absolute Gasteiger partial charge is 0.441 e. The molecule has 1 atom stereocenters. The van der Waals surface area contributed by atoms with Crippen molar-refractivity contribution >= 4 is 23.9 Å². The first-order valence-electron chi connectivity index (χ1n) is 10.7. The molecule has 0 N–H and O–H groups in total. The van der Waals surface area contributed by atoms with Crippen molar-refractivity contribution < 1.29 is 126 Å². The van der Waals surface area contributed by atoms with E-state index in [2.05, 4.69) is 14.2 Å². The number of esters is 4. The van der Waals surface area contributed by atoms with Crippen LogP contribution in [-0.4, -0.2) is 77.9 Å². The third-order valence-electron chi connectivity index (χ3n) is 5.02. The molecule has 0 saturated carbocycles. The highest BCUT2D eigenvalue weighted by Gasteiger charge is 2.79.